The van der Waals surface area contributed by atoms with E-state index in [4.69, 9.17) is 4.52 Å². The molecule has 1 N–H and O–H groups in total. The zero-order valence-corrected chi connectivity index (χ0v) is 15.1. The molecule has 1 aliphatic heterocycles. The predicted octanol–water partition coefficient (Wildman–Crippen LogP) is 3.00. The number of nitrogens with one attached hydrogen (secondary N) is 1. The van der Waals surface area contributed by atoms with Crippen molar-refractivity contribution in [3.8, 4) is 11.4 Å². The lowest BCUT2D eigenvalue weighted by molar-refractivity contribution is -0.122. The number of piperidine rings is 1. The van der Waals surface area contributed by atoms with Crippen molar-refractivity contribution in [3.63, 3.8) is 0 Å². The van der Waals surface area contributed by atoms with E-state index in [0.29, 0.717) is 12.3 Å². The lowest BCUT2D eigenvalue weighted by Crippen LogP contribution is -2.36. The minimum absolute atomic E-state index is 0.00965. The van der Waals surface area contributed by atoms with Gasteiger partial charge in [-0.15, -0.1) is 0 Å². The van der Waals surface area contributed by atoms with Gasteiger partial charge in [0.25, 0.3) is 0 Å². The van der Waals surface area contributed by atoms with Crippen LogP contribution in [0.4, 0.5) is 4.39 Å². The van der Waals surface area contributed by atoms with E-state index in [1.165, 1.54) is 12.5 Å². The standard InChI is InChI=1S/C19H25FN4O2/c1-2-9-24-10-7-14(8-11-24)12-17(25)21-13-18-22-19(23-26-18)15-5-3-4-6-16(15)20/h3-6,14H,2,7-13H2,1H3,(H,21,25). The highest BCUT2D eigenvalue weighted by molar-refractivity contribution is 5.76. The maximum absolute atomic E-state index is 13.7. The van der Waals surface area contributed by atoms with E-state index in [2.05, 4.69) is 27.3 Å². The zero-order valence-electron chi connectivity index (χ0n) is 15.1. The molecule has 140 valence electrons. The van der Waals surface area contributed by atoms with Gasteiger partial charge in [-0.1, -0.05) is 24.2 Å². The molecule has 1 amide bonds. The molecule has 7 heteroatoms. The summed E-state index contributed by atoms with van der Waals surface area (Å²) in [4.78, 5) is 18.8. The van der Waals surface area contributed by atoms with Gasteiger partial charge in [0.05, 0.1) is 12.1 Å². The molecule has 3 rings (SSSR count). The summed E-state index contributed by atoms with van der Waals surface area (Å²) in [6.45, 7) is 5.63. The van der Waals surface area contributed by atoms with Gasteiger partial charge in [0, 0.05) is 6.42 Å². The van der Waals surface area contributed by atoms with Crippen molar-refractivity contribution >= 4 is 5.91 Å². The van der Waals surface area contributed by atoms with Crippen molar-refractivity contribution in [1.29, 1.82) is 0 Å². The van der Waals surface area contributed by atoms with Crippen LogP contribution >= 0.6 is 0 Å². The Kier molecular flexibility index (Phi) is 6.33. The van der Waals surface area contributed by atoms with Gasteiger partial charge in [0.1, 0.15) is 5.82 Å². The molecule has 0 radical (unpaired) electrons. The fourth-order valence-corrected chi connectivity index (χ4v) is 3.32. The van der Waals surface area contributed by atoms with Crippen LogP contribution in [0.5, 0.6) is 0 Å². The second kappa shape index (κ2) is 8.89. The van der Waals surface area contributed by atoms with Gasteiger partial charge in [0.15, 0.2) is 0 Å². The van der Waals surface area contributed by atoms with Crippen molar-refractivity contribution < 1.29 is 13.7 Å². The number of carbonyl (C=O) groups is 1. The molecule has 0 atom stereocenters. The van der Waals surface area contributed by atoms with Gasteiger partial charge in [-0.2, -0.15) is 4.98 Å². The smallest absolute Gasteiger partial charge is 0.246 e. The number of amides is 1. The second-order valence-corrected chi connectivity index (χ2v) is 6.76. The van der Waals surface area contributed by atoms with E-state index >= 15 is 0 Å². The molecule has 6 nitrogen and oxygen atoms in total. The average Bonchev–Trinajstić information content (AvgIpc) is 3.11. The number of benzene rings is 1. The van der Waals surface area contributed by atoms with Gasteiger partial charge >= 0.3 is 0 Å². The number of halogens is 1. The SMILES string of the molecule is CCCN1CCC(CC(=O)NCc2nc(-c3ccccc3F)no2)CC1. The maximum Gasteiger partial charge on any atom is 0.246 e. The summed E-state index contributed by atoms with van der Waals surface area (Å²) in [5, 5.41) is 6.60. The predicted molar refractivity (Wildman–Crippen MR) is 95.6 cm³/mol. The highest BCUT2D eigenvalue weighted by Gasteiger charge is 2.21. The quantitative estimate of drug-likeness (QED) is 0.822. The number of hydrogen-bond donors (Lipinski definition) is 1. The number of carbonyl (C=O) groups excluding carboxylic acids is 1. The maximum atomic E-state index is 13.7. The normalized spacial score (nSPS) is 15.9. The molecular formula is C19H25FN4O2. The van der Waals surface area contributed by atoms with Crippen LogP contribution in [0.1, 0.15) is 38.5 Å². The number of rotatable bonds is 7. The Morgan fingerprint density at radius 1 is 1.35 bits per heavy atom. The van der Waals surface area contributed by atoms with Crippen LogP contribution in [0, 0.1) is 11.7 Å². The highest BCUT2D eigenvalue weighted by Crippen LogP contribution is 2.21. The summed E-state index contributed by atoms with van der Waals surface area (Å²) in [5.41, 5.74) is 0.285. The molecule has 1 fully saturated rings. The van der Waals surface area contributed by atoms with Crippen molar-refractivity contribution in [2.75, 3.05) is 19.6 Å². The summed E-state index contributed by atoms with van der Waals surface area (Å²) in [7, 11) is 0. The van der Waals surface area contributed by atoms with Gasteiger partial charge in [0.2, 0.25) is 17.6 Å². The molecule has 1 saturated heterocycles. The van der Waals surface area contributed by atoms with Crippen molar-refractivity contribution in [2.24, 2.45) is 5.92 Å². The third kappa shape index (κ3) is 4.88. The monoisotopic (exact) mass is 360 g/mol. The first-order valence-corrected chi connectivity index (χ1v) is 9.22. The number of aromatic nitrogens is 2. The van der Waals surface area contributed by atoms with Crippen molar-refractivity contribution in [3.05, 3.63) is 36.0 Å². The van der Waals surface area contributed by atoms with Crippen LogP contribution in [0.3, 0.4) is 0 Å². The fourth-order valence-electron chi connectivity index (χ4n) is 3.32. The van der Waals surface area contributed by atoms with Gasteiger partial charge < -0.3 is 14.7 Å². The zero-order chi connectivity index (χ0) is 18.4. The van der Waals surface area contributed by atoms with Crippen LogP contribution < -0.4 is 5.32 Å². The molecule has 2 heterocycles. The Hall–Kier alpha value is -2.28. The van der Waals surface area contributed by atoms with Gasteiger partial charge in [-0.05, 0) is 56.9 Å². The van der Waals surface area contributed by atoms with Gasteiger partial charge in [-0.25, -0.2) is 4.39 Å². The molecule has 2 aromatic rings. The third-order valence-corrected chi connectivity index (χ3v) is 4.74. The van der Waals surface area contributed by atoms with E-state index in [-0.39, 0.29) is 29.7 Å². The molecule has 0 aliphatic carbocycles. The molecule has 0 spiro atoms. The lowest BCUT2D eigenvalue weighted by Gasteiger charge is -2.31. The van der Waals surface area contributed by atoms with Crippen LogP contribution in [0.25, 0.3) is 11.4 Å². The Bertz CT molecular complexity index is 726. The van der Waals surface area contributed by atoms with Crippen LogP contribution in [-0.4, -0.2) is 40.6 Å². The topological polar surface area (TPSA) is 71.3 Å². The minimum Gasteiger partial charge on any atom is -0.347 e. The first-order chi connectivity index (χ1) is 12.7. The average molecular weight is 360 g/mol. The second-order valence-electron chi connectivity index (χ2n) is 6.76. The van der Waals surface area contributed by atoms with Crippen LogP contribution in [-0.2, 0) is 11.3 Å². The van der Waals surface area contributed by atoms with Crippen molar-refractivity contribution in [1.82, 2.24) is 20.4 Å². The van der Waals surface area contributed by atoms with E-state index in [1.807, 2.05) is 0 Å². The molecule has 26 heavy (non-hydrogen) atoms. The molecule has 0 saturated carbocycles. The molecule has 0 unspecified atom stereocenters. The summed E-state index contributed by atoms with van der Waals surface area (Å²) >= 11 is 0. The largest absolute Gasteiger partial charge is 0.347 e. The molecule has 0 bridgehead atoms. The number of likely N-dealkylation sites (tertiary alicyclic amines) is 1. The van der Waals surface area contributed by atoms with E-state index in [9.17, 15) is 9.18 Å². The summed E-state index contributed by atoms with van der Waals surface area (Å²) in [6.07, 6.45) is 3.81. The molecule has 1 aromatic heterocycles. The first kappa shape index (κ1) is 18.5. The van der Waals surface area contributed by atoms with E-state index < -0.39 is 5.82 Å². The Balaban J connectivity index is 1.45. The Labute approximate surface area is 152 Å². The summed E-state index contributed by atoms with van der Waals surface area (Å²) in [5.74, 6) is 0.479. The summed E-state index contributed by atoms with van der Waals surface area (Å²) < 4.78 is 18.8. The molecular weight excluding hydrogens is 335 g/mol. The Morgan fingerprint density at radius 3 is 2.85 bits per heavy atom. The summed E-state index contributed by atoms with van der Waals surface area (Å²) in [6, 6.07) is 6.25. The molecule has 1 aliphatic rings. The Morgan fingerprint density at radius 2 is 2.12 bits per heavy atom. The number of nitrogens with zero attached hydrogens (tertiary/aromatic N) is 3. The highest BCUT2D eigenvalue weighted by atomic mass is 19.1. The number of hydrogen-bond acceptors (Lipinski definition) is 5. The van der Waals surface area contributed by atoms with E-state index in [0.717, 1.165) is 32.5 Å². The fraction of sp³-hybridized carbons (Fsp3) is 0.526. The van der Waals surface area contributed by atoms with Crippen LogP contribution in [0.15, 0.2) is 28.8 Å². The van der Waals surface area contributed by atoms with E-state index in [1.54, 1.807) is 18.2 Å². The third-order valence-electron chi connectivity index (χ3n) is 4.74. The lowest BCUT2D eigenvalue weighted by atomic mass is 9.93. The molecule has 1 aromatic carbocycles. The van der Waals surface area contributed by atoms with Gasteiger partial charge in [-0.3, -0.25) is 4.79 Å². The van der Waals surface area contributed by atoms with Crippen molar-refractivity contribution in [2.45, 2.75) is 39.2 Å². The first-order valence-electron chi connectivity index (χ1n) is 9.22. The van der Waals surface area contributed by atoms with Crippen LogP contribution in [0.2, 0.25) is 0 Å². The minimum atomic E-state index is -0.404.